The van der Waals surface area contributed by atoms with Crippen LogP contribution in [-0.2, 0) is 0 Å². The van der Waals surface area contributed by atoms with E-state index in [2.05, 4.69) is 6.92 Å². The van der Waals surface area contributed by atoms with Crippen LogP contribution in [0.15, 0.2) is 78.9 Å². The number of benzene rings is 3. The first-order valence-electron chi connectivity index (χ1n) is 12.2. The van der Waals surface area contributed by atoms with Crippen molar-refractivity contribution in [2.45, 2.75) is 25.8 Å². The molecule has 3 aromatic rings. The van der Waals surface area contributed by atoms with Gasteiger partial charge in [-0.05, 0) is 30.5 Å². The molecular formula is C30H33NO4. The lowest BCUT2D eigenvalue weighted by atomic mass is 9.67. The minimum Gasteiger partial charge on any atom is -0.395 e. The lowest BCUT2D eigenvalue weighted by molar-refractivity contribution is 0.0154. The quantitative estimate of drug-likeness (QED) is 0.485. The highest BCUT2D eigenvalue weighted by Gasteiger charge is 2.46. The second-order valence-corrected chi connectivity index (χ2v) is 9.46. The Morgan fingerprint density at radius 3 is 1.71 bits per heavy atom. The summed E-state index contributed by atoms with van der Waals surface area (Å²) < 4.78 is 0. The molecule has 1 unspecified atom stereocenters. The summed E-state index contributed by atoms with van der Waals surface area (Å²) in [6, 6.07) is 23.9. The van der Waals surface area contributed by atoms with Gasteiger partial charge in [0.05, 0.1) is 19.3 Å². The van der Waals surface area contributed by atoms with Crippen LogP contribution in [-0.4, -0.2) is 59.0 Å². The van der Waals surface area contributed by atoms with E-state index in [-0.39, 0.29) is 30.7 Å². The normalized spacial score (nSPS) is 20.7. The number of aryl methyl sites for hydroxylation is 1. The van der Waals surface area contributed by atoms with Crippen LogP contribution < -0.4 is 0 Å². The third-order valence-electron chi connectivity index (χ3n) is 7.46. The number of Topliss-reactive ketones (excluding diaryl/α,β-unsaturated/α-hetero) is 2. The van der Waals surface area contributed by atoms with Crippen molar-refractivity contribution < 1.29 is 19.8 Å². The van der Waals surface area contributed by atoms with E-state index in [1.807, 2.05) is 90.7 Å². The van der Waals surface area contributed by atoms with Crippen molar-refractivity contribution in [1.29, 1.82) is 0 Å². The number of likely N-dealkylation sites (tertiary alicyclic amines) is 1. The van der Waals surface area contributed by atoms with Crippen molar-refractivity contribution in [1.82, 2.24) is 4.90 Å². The number of piperidine rings is 1. The SMILES string of the molecule is Cc1cccc(C2[C@@H](C(=O)c3ccccc3)CN(C(CO)CO)C[C@H]2C(=O)c2ccccc2)c1C. The molecule has 0 amide bonds. The highest BCUT2D eigenvalue weighted by Crippen LogP contribution is 2.42. The van der Waals surface area contributed by atoms with Gasteiger partial charge in [-0.3, -0.25) is 14.5 Å². The Morgan fingerprint density at radius 2 is 1.26 bits per heavy atom. The second kappa shape index (κ2) is 11.1. The first-order valence-corrected chi connectivity index (χ1v) is 12.2. The van der Waals surface area contributed by atoms with E-state index in [0.29, 0.717) is 24.2 Å². The summed E-state index contributed by atoms with van der Waals surface area (Å²) in [5.41, 5.74) is 4.42. The van der Waals surface area contributed by atoms with E-state index >= 15 is 0 Å². The average Bonchev–Trinajstić information content (AvgIpc) is 2.91. The Balaban J connectivity index is 1.87. The molecule has 3 aromatic carbocycles. The molecule has 182 valence electrons. The van der Waals surface area contributed by atoms with Gasteiger partial charge in [0.1, 0.15) is 0 Å². The Bertz CT molecular complexity index is 1100. The molecule has 5 nitrogen and oxygen atoms in total. The Hall–Kier alpha value is -3.12. The van der Waals surface area contributed by atoms with Crippen LogP contribution in [0.2, 0.25) is 0 Å². The minimum atomic E-state index is -0.535. The van der Waals surface area contributed by atoms with Gasteiger partial charge in [0.2, 0.25) is 0 Å². The molecule has 0 aliphatic carbocycles. The summed E-state index contributed by atoms with van der Waals surface area (Å²) in [6.45, 7) is 4.32. The highest BCUT2D eigenvalue weighted by atomic mass is 16.3. The molecule has 1 fully saturated rings. The fraction of sp³-hybridized carbons (Fsp3) is 0.333. The largest absolute Gasteiger partial charge is 0.395 e. The predicted octanol–water partition coefficient (Wildman–Crippen LogP) is 4.05. The van der Waals surface area contributed by atoms with Gasteiger partial charge in [0.15, 0.2) is 11.6 Å². The van der Waals surface area contributed by atoms with Crippen molar-refractivity contribution in [2.24, 2.45) is 11.8 Å². The van der Waals surface area contributed by atoms with Crippen molar-refractivity contribution in [2.75, 3.05) is 26.3 Å². The molecule has 0 bridgehead atoms. The number of carbonyl (C=O) groups excluding carboxylic acids is 2. The van der Waals surface area contributed by atoms with Crippen molar-refractivity contribution in [3.05, 3.63) is 107 Å². The van der Waals surface area contributed by atoms with Crippen LogP contribution >= 0.6 is 0 Å². The molecule has 0 radical (unpaired) electrons. The van der Waals surface area contributed by atoms with E-state index < -0.39 is 17.9 Å². The molecule has 35 heavy (non-hydrogen) atoms. The molecule has 1 heterocycles. The molecule has 0 spiro atoms. The molecule has 2 N–H and O–H groups in total. The van der Waals surface area contributed by atoms with Crippen molar-refractivity contribution >= 4 is 11.6 Å². The summed E-state index contributed by atoms with van der Waals surface area (Å²) in [5, 5.41) is 19.9. The standard InChI is InChI=1S/C30H33NO4/c1-20-10-9-15-25(21(20)2)28-26(29(34)22-11-5-3-6-12-22)16-31(24(18-32)19-33)17-27(28)30(35)23-13-7-4-8-14-23/h3-15,24,26-28,32-33H,16-19H2,1-2H3/t26-,27+,28?. The first kappa shape index (κ1) is 25.0. The van der Waals surface area contributed by atoms with Gasteiger partial charge in [-0.2, -0.15) is 0 Å². The number of carbonyl (C=O) groups is 2. The first-order chi connectivity index (χ1) is 17.0. The summed E-state index contributed by atoms with van der Waals surface area (Å²) in [6.07, 6.45) is 0. The van der Waals surface area contributed by atoms with Gasteiger partial charge < -0.3 is 10.2 Å². The van der Waals surface area contributed by atoms with Crippen LogP contribution in [0, 0.1) is 25.7 Å². The van der Waals surface area contributed by atoms with Gasteiger partial charge in [-0.15, -0.1) is 0 Å². The van der Waals surface area contributed by atoms with E-state index in [0.717, 1.165) is 16.7 Å². The van der Waals surface area contributed by atoms with Gasteiger partial charge in [-0.1, -0.05) is 78.9 Å². The van der Waals surface area contributed by atoms with E-state index in [1.165, 1.54) is 0 Å². The summed E-state index contributed by atoms with van der Waals surface area (Å²) in [4.78, 5) is 29.8. The van der Waals surface area contributed by atoms with E-state index in [9.17, 15) is 19.8 Å². The zero-order chi connectivity index (χ0) is 24.9. The molecule has 5 heteroatoms. The van der Waals surface area contributed by atoms with E-state index in [1.54, 1.807) is 0 Å². The molecule has 4 rings (SSSR count). The Labute approximate surface area is 207 Å². The van der Waals surface area contributed by atoms with Gasteiger partial charge in [0, 0.05) is 42.0 Å². The zero-order valence-electron chi connectivity index (χ0n) is 20.3. The Morgan fingerprint density at radius 1 is 0.771 bits per heavy atom. The highest BCUT2D eigenvalue weighted by molar-refractivity contribution is 6.02. The summed E-state index contributed by atoms with van der Waals surface area (Å²) >= 11 is 0. The number of hydrogen-bond acceptors (Lipinski definition) is 5. The number of rotatable bonds is 8. The van der Waals surface area contributed by atoms with Crippen LogP contribution in [0.4, 0.5) is 0 Å². The fourth-order valence-electron chi connectivity index (χ4n) is 5.37. The molecule has 1 aliphatic rings. The molecule has 1 aliphatic heterocycles. The van der Waals surface area contributed by atoms with Gasteiger partial charge in [0.25, 0.3) is 0 Å². The van der Waals surface area contributed by atoms with Crippen molar-refractivity contribution in [3.63, 3.8) is 0 Å². The van der Waals surface area contributed by atoms with Crippen LogP contribution in [0.3, 0.4) is 0 Å². The number of nitrogens with zero attached hydrogens (tertiary/aromatic N) is 1. The Kier molecular flexibility index (Phi) is 7.91. The fourth-order valence-corrected chi connectivity index (χ4v) is 5.37. The maximum atomic E-state index is 14.0. The number of aliphatic hydroxyl groups excluding tert-OH is 2. The average molecular weight is 472 g/mol. The van der Waals surface area contributed by atoms with Gasteiger partial charge in [-0.25, -0.2) is 0 Å². The third-order valence-corrected chi connectivity index (χ3v) is 7.46. The number of ketones is 2. The smallest absolute Gasteiger partial charge is 0.167 e. The van der Waals surface area contributed by atoms with Crippen LogP contribution in [0.1, 0.15) is 43.3 Å². The predicted molar refractivity (Wildman–Crippen MR) is 137 cm³/mol. The molecule has 0 aromatic heterocycles. The second-order valence-electron chi connectivity index (χ2n) is 9.46. The maximum Gasteiger partial charge on any atom is 0.167 e. The maximum absolute atomic E-state index is 14.0. The molecule has 0 saturated carbocycles. The molecule has 3 atom stereocenters. The zero-order valence-corrected chi connectivity index (χ0v) is 20.3. The summed E-state index contributed by atoms with van der Waals surface area (Å²) in [5.74, 6) is -1.40. The van der Waals surface area contributed by atoms with Gasteiger partial charge >= 0.3 is 0 Å². The van der Waals surface area contributed by atoms with Crippen molar-refractivity contribution in [3.8, 4) is 0 Å². The minimum absolute atomic E-state index is 0.0262. The number of aliphatic hydroxyl groups is 2. The summed E-state index contributed by atoms with van der Waals surface area (Å²) in [7, 11) is 0. The van der Waals surface area contributed by atoms with E-state index in [4.69, 9.17) is 0 Å². The monoisotopic (exact) mass is 471 g/mol. The topological polar surface area (TPSA) is 77.8 Å². The molecular weight excluding hydrogens is 438 g/mol. The third kappa shape index (κ3) is 5.13. The van der Waals surface area contributed by atoms with Crippen LogP contribution in [0.5, 0.6) is 0 Å². The molecule has 1 saturated heterocycles. The number of hydrogen-bond donors (Lipinski definition) is 2. The lowest BCUT2D eigenvalue weighted by Crippen LogP contribution is -2.55. The lowest BCUT2D eigenvalue weighted by Gasteiger charge is -2.45. The van der Waals surface area contributed by atoms with Crippen LogP contribution in [0.25, 0.3) is 0 Å².